The van der Waals surface area contributed by atoms with Gasteiger partial charge in [0.25, 0.3) is 5.91 Å². The van der Waals surface area contributed by atoms with E-state index in [4.69, 9.17) is 0 Å². The van der Waals surface area contributed by atoms with Crippen LogP contribution in [0.25, 0.3) is 0 Å². The molecule has 0 saturated heterocycles. The molecule has 21 heavy (non-hydrogen) atoms. The molecule has 0 radical (unpaired) electrons. The fourth-order valence-corrected chi connectivity index (χ4v) is 2.00. The lowest BCUT2D eigenvalue weighted by Crippen LogP contribution is -2.13. The number of hydrogen-bond donors (Lipinski definition) is 1. The molecule has 0 atom stereocenters. The van der Waals surface area contributed by atoms with E-state index in [0.717, 1.165) is 0 Å². The van der Waals surface area contributed by atoms with Crippen molar-refractivity contribution in [1.82, 2.24) is 0 Å². The number of nitro benzene ring substituents is 1. The molecule has 0 aromatic heterocycles. The van der Waals surface area contributed by atoms with Crippen LogP contribution in [0.1, 0.15) is 10.4 Å². The summed E-state index contributed by atoms with van der Waals surface area (Å²) in [5.41, 5.74) is -1.16. The average molecular weight is 357 g/mol. The highest BCUT2D eigenvalue weighted by Crippen LogP contribution is 2.25. The Hall–Kier alpha value is -2.35. The molecule has 0 spiro atoms. The molecule has 5 nitrogen and oxygen atoms in total. The van der Waals surface area contributed by atoms with Gasteiger partial charge in [0.1, 0.15) is 5.82 Å². The summed E-state index contributed by atoms with van der Waals surface area (Å²) in [6.07, 6.45) is 0. The zero-order valence-electron chi connectivity index (χ0n) is 10.3. The van der Waals surface area contributed by atoms with Gasteiger partial charge in [0, 0.05) is 22.2 Å². The normalized spacial score (nSPS) is 10.2. The van der Waals surface area contributed by atoms with E-state index in [0.29, 0.717) is 16.6 Å². The van der Waals surface area contributed by atoms with Crippen LogP contribution >= 0.6 is 15.9 Å². The van der Waals surface area contributed by atoms with E-state index in [-0.39, 0.29) is 5.56 Å². The number of carbonyl (C=O) groups is 1. The second kappa shape index (κ2) is 5.96. The van der Waals surface area contributed by atoms with Crippen LogP contribution in [-0.2, 0) is 0 Å². The molecule has 0 unspecified atom stereocenters. The fourth-order valence-electron chi connectivity index (χ4n) is 1.60. The summed E-state index contributed by atoms with van der Waals surface area (Å²) >= 11 is 3.18. The van der Waals surface area contributed by atoms with Gasteiger partial charge in [0.15, 0.2) is 0 Å². The summed E-state index contributed by atoms with van der Waals surface area (Å²) in [6, 6.07) is 7.26. The number of rotatable bonds is 3. The van der Waals surface area contributed by atoms with Crippen molar-refractivity contribution in [2.45, 2.75) is 0 Å². The maximum Gasteiger partial charge on any atom is 0.307 e. The van der Waals surface area contributed by atoms with Crippen LogP contribution in [-0.4, -0.2) is 10.8 Å². The summed E-state index contributed by atoms with van der Waals surface area (Å²) in [5.74, 6) is -3.07. The summed E-state index contributed by atoms with van der Waals surface area (Å²) in [6.45, 7) is 0. The van der Waals surface area contributed by atoms with Crippen molar-refractivity contribution in [3.63, 3.8) is 0 Å². The molecule has 108 valence electrons. The zero-order valence-corrected chi connectivity index (χ0v) is 11.9. The number of nitrogens with one attached hydrogen (secondary N) is 1. The van der Waals surface area contributed by atoms with Crippen molar-refractivity contribution in [1.29, 1.82) is 0 Å². The number of halogens is 3. The lowest BCUT2D eigenvalue weighted by Gasteiger charge is -2.07. The Balaban J connectivity index is 2.33. The SMILES string of the molecule is O=C(Nc1cc([N+](=O)[O-])c(F)cc1F)c1cccc(Br)c1. The Labute approximate surface area is 125 Å². The largest absolute Gasteiger partial charge is 0.319 e. The van der Waals surface area contributed by atoms with E-state index >= 15 is 0 Å². The van der Waals surface area contributed by atoms with Crippen molar-refractivity contribution in [3.05, 3.63) is 68.2 Å². The zero-order chi connectivity index (χ0) is 15.6. The second-order valence-corrected chi connectivity index (χ2v) is 4.92. The minimum absolute atomic E-state index is 0.218. The van der Waals surface area contributed by atoms with Crippen LogP contribution in [0.4, 0.5) is 20.2 Å². The monoisotopic (exact) mass is 356 g/mol. The van der Waals surface area contributed by atoms with E-state index in [2.05, 4.69) is 21.2 Å². The summed E-state index contributed by atoms with van der Waals surface area (Å²) in [7, 11) is 0. The van der Waals surface area contributed by atoms with E-state index in [1.54, 1.807) is 12.1 Å². The van der Waals surface area contributed by atoms with Crippen LogP contribution in [0.2, 0.25) is 0 Å². The summed E-state index contributed by atoms with van der Waals surface area (Å²) in [5, 5.41) is 12.8. The third kappa shape index (κ3) is 3.40. The maximum atomic E-state index is 13.6. The lowest BCUT2D eigenvalue weighted by molar-refractivity contribution is -0.387. The van der Waals surface area contributed by atoms with Crippen LogP contribution < -0.4 is 5.32 Å². The van der Waals surface area contributed by atoms with Crippen LogP contribution in [0.5, 0.6) is 0 Å². The lowest BCUT2D eigenvalue weighted by atomic mass is 10.2. The number of nitro groups is 1. The molecule has 2 aromatic rings. The van der Waals surface area contributed by atoms with Gasteiger partial charge in [-0.1, -0.05) is 22.0 Å². The van der Waals surface area contributed by atoms with Crippen molar-refractivity contribution < 1.29 is 18.5 Å². The number of amides is 1. The Morgan fingerprint density at radius 2 is 1.90 bits per heavy atom. The first-order chi connectivity index (χ1) is 9.88. The number of anilines is 1. The third-order valence-corrected chi connectivity index (χ3v) is 3.06. The highest BCUT2D eigenvalue weighted by molar-refractivity contribution is 9.10. The molecule has 0 aliphatic rings. The van der Waals surface area contributed by atoms with Crippen LogP contribution in [0.15, 0.2) is 40.9 Å². The van der Waals surface area contributed by atoms with E-state index in [9.17, 15) is 23.7 Å². The molecule has 0 aliphatic heterocycles. The first kappa shape index (κ1) is 15.0. The molecule has 0 saturated carbocycles. The number of nitrogens with zero attached hydrogens (tertiary/aromatic N) is 1. The summed E-state index contributed by atoms with van der Waals surface area (Å²) in [4.78, 5) is 21.5. The Morgan fingerprint density at radius 1 is 1.19 bits per heavy atom. The quantitative estimate of drug-likeness (QED) is 0.669. The van der Waals surface area contributed by atoms with E-state index in [1.165, 1.54) is 12.1 Å². The van der Waals surface area contributed by atoms with Crippen molar-refractivity contribution in [3.8, 4) is 0 Å². The number of hydrogen-bond acceptors (Lipinski definition) is 3. The van der Waals surface area contributed by atoms with Crippen molar-refractivity contribution >= 4 is 33.2 Å². The molecule has 2 rings (SSSR count). The van der Waals surface area contributed by atoms with Crippen molar-refractivity contribution in [2.24, 2.45) is 0 Å². The third-order valence-electron chi connectivity index (χ3n) is 2.57. The molecule has 0 heterocycles. The van der Waals surface area contributed by atoms with Gasteiger partial charge in [0.05, 0.1) is 10.6 Å². The van der Waals surface area contributed by atoms with Gasteiger partial charge in [-0.3, -0.25) is 14.9 Å². The average Bonchev–Trinajstić information content (AvgIpc) is 2.41. The first-order valence-electron chi connectivity index (χ1n) is 5.59. The van der Waals surface area contributed by atoms with Crippen molar-refractivity contribution in [2.75, 3.05) is 5.32 Å². The molecule has 2 aromatic carbocycles. The molecule has 1 N–H and O–H groups in total. The van der Waals surface area contributed by atoms with Gasteiger partial charge in [-0.15, -0.1) is 0 Å². The van der Waals surface area contributed by atoms with Gasteiger partial charge in [-0.05, 0) is 18.2 Å². The predicted molar refractivity (Wildman–Crippen MR) is 75.1 cm³/mol. The topological polar surface area (TPSA) is 72.2 Å². The first-order valence-corrected chi connectivity index (χ1v) is 6.38. The number of benzene rings is 2. The molecule has 1 amide bonds. The summed E-state index contributed by atoms with van der Waals surface area (Å²) < 4.78 is 27.4. The molecule has 0 fully saturated rings. The Morgan fingerprint density at radius 3 is 2.52 bits per heavy atom. The molecular formula is C13H7BrF2N2O3. The van der Waals surface area contributed by atoms with Gasteiger partial charge in [0.2, 0.25) is 5.82 Å². The van der Waals surface area contributed by atoms with Gasteiger partial charge >= 0.3 is 5.69 Å². The molecular weight excluding hydrogens is 350 g/mol. The van der Waals surface area contributed by atoms with Gasteiger partial charge < -0.3 is 5.32 Å². The van der Waals surface area contributed by atoms with Gasteiger partial charge in [-0.2, -0.15) is 4.39 Å². The van der Waals surface area contributed by atoms with Gasteiger partial charge in [-0.25, -0.2) is 4.39 Å². The Kier molecular flexibility index (Phi) is 4.27. The predicted octanol–water partition coefficient (Wildman–Crippen LogP) is 3.89. The fraction of sp³-hybridized carbons (Fsp3) is 0. The smallest absolute Gasteiger partial charge is 0.307 e. The maximum absolute atomic E-state index is 13.6. The minimum Gasteiger partial charge on any atom is -0.319 e. The van der Waals surface area contributed by atoms with E-state index in [1.807, 2.05) is 0 Å². The molecule has 0 bridgehead atoms. The Bertz CT molecular complexity index is 737. The molecule has 0 aliphatic carbocycles. The van der Waals surface area contributed by atoms with Crippen LogP contribution in [0, 0.1) is 21.7 Å². The minimum atomic E-state index is -1.31. The second-order valence-electron chi connectivity index (χ2n) is 4.01. The van der Waals surface area contributed by atoms with E-state index < -0.39 is 33.8 Å². The molecule has 8 heteroatoms. The highest BCUT2D eigenvalue weighted by Gasteiger charge is 2.20. The number of carbonyl (C=O) groups excluding carboxylic acids is 1. The standard InChI is InChI=1S/C13H7BrF2N2O3/c14-8-3-1-2-7(4-8)13(19)17-11-6-12(18(20)21)10(16)5-9(11)15/h1-6H,(H,17,19). The van der Waals surface area contributed by atoms with Crippen LogP contribution in [0.3, 0.4) is 0 Å². The highest BCUT2D eigenvalue weighted by atomic mass is 79.9.